The number of rotatable bonds is 5. The molecule has 0 saturated heterocycles. The van der Waals surface area contributed by atoms with E-state index in [0.29, 0.717) is 12.0 Å². The van der Waals surface area contributed by atoms with Crippen LogP contribution in [-0.2, 0) is 6.42 Å². The maximum absolute atomic E-state index is 13.6. The van der Waals surface area contributed by atoms with Crippen molar-refractivity contribution in [1.82, 2.24) is 0 Å². The average molecular weight is 259 g/mol. The van der Waals surface area contributed by atoms with E-state index in [2.05, 4.69) is 5.32 Å². The van der Waals surface area contributed by atoms with Crippen LogP contribution in [0.25, 0.3) is 0 Å². The number of aliphatic hydroxyl groups is 1. The number of benzene rings is 2. The minimum Gasteiger partial charge on any atom is -0.396 e. The van der Waals surface area contributed by atoms with Crippen LogP contribution in [0.3, 0.4) is 0 Å². The quantitative estimate of drug-likeness (QED) is 0.861. The minimum absolute atomic E-state index is 0.0927. The third kappa shape index (κ3) is 3.55. The standard InChI is InChI=1S/C16H18FNO/c1-12(15-4-2-3-5-16(15)17)18-14-8-6-13(7-9-14)10-11-19/h2-9,12,18-19H,10-11H2,1H3. The van der Waals surface area contributed by atoms with E-state index in [-0.39, 0.29) is 18.5 Å². The van der Waals surface area contributed by atoms with Gasteiger partial charge in [0, 0.05) is 17.9 Å². The SMILES string of the molecule is CC(Nc1ccc(CCO)cc1)c1ccccc1F. The van der Waals surface area contributed by atoms with Crippen molar-refractivity contribution in [3.8, 4) is 0 Å². The number of hydrogen-bond acceptors (Lipinski definition) is 2. The van der Waals surface area contributed by atoms with Gasteiger partial charge in [0.15, 0.2) is 0 Å². The summed E-state index contributed by atoms with van der Waals surface area (Å²) in [4.78, 5) is 0. The molecule has 0 fully saturated rings. The fourth-order valence-electron chi connectivity index (χ4n) is 2.05. The summed E-state index contributed by atoms with van der Waals surface area (Å²) >= 11 is 0. The number of halogens is 1. The van der Waals surface area contributed by atoms with Crippen molar-refractivity contribution >= 4 is 5.69 Å². The maximum atomic E-state index is 13.6. The van der Waals surface area contributed by atoms with E-state index in [1.165, 1.54) is 6.07 Å². The smallest absolute Gasteiger partial charge is 0.128 e. The van der Waals surface area contributed by atoms with Crippen LogP contribution in [0.5, 0.6) is 0 Å². The lowest BCUT2D eigenvalue weighted by Gasteiger charge is -2.16. The summed E-state index contributed by atoms with van der Waals surface area (Å²) in [5.41, 5.74) is 2.69. The van der Waals surface area contributed by atoms with E-state index >= 15 is 0 Å². The molecule has 100 valence electrons. The van der Waals surface area contributed by atoms with E-state index in [1.807, 2.05) is 37.3 Å². The fraction of sp³-hybridized carbons (Fsp3) is 0.250. The van der Waals surface area contributed by atoms with Crippen LogP contribution < -0.4 is 5.32 Å². The van der Waals surface area contributed by atoms with Gasteiger partial charge >= 0.3 is 0 Å². The van der Waals surface area contributed by atoms with Crippen LogP contribution in [0.15, 0.2) is 48.5 Å². The normalized spacial score (nSPS) is 12.2. The molecular formula is C16H18FNO. The highest BCUT2D eigenvalue weighted by molar-refractivity contribution is 5.46. The Morgan fingerprint density at radius 2 is 1.79 bits per heavy atom. The Morgan fingerprint density at radius 3 is 2.42 bits per heavy atom. The second-order valence-electron chi connectivity index (χ2n) is 4.56. The zero-order chi connectivity index (χ0) is 13.7. The van der Waals surface area contributed by atoms with Crippen molar-refractivity contribution in [1.29, 1.82) is 0 Å². The fourth-order valence-corrected chi connectivity index (χ4v) is 2.05. The molecule has 0 saturated carbocycles. The molecule has 1 atom stereocenters. The Hall–Kier alpha value is -1.87. The van der Waals surface area contributed by atoms with Gasteiger partial charge in [-0.05, 0) is 37.1 Å². The van der Waals surface area contributed by atoms with E-state index < -0.39 is 0 Å². The first-order valence-corrected chi connectivity index (χ1v) is 6.41. The van der Waals surface area contributed by atoms with Crippen LogP contribution in [0, 0.1) is 5.82 Å². The molecule has 2 N–H and O–H groups in total. The minimum atomic E-state index is -0.195. The van der Waals surface area contributed by atoms with Gasteiger partial charge in [0.25, 0.3) is 0 Å². The van der Waals surface area contributed by atoms with Gasteiger partial charge < -0.3 is 10.4 Å². The van der Waals surface area contributed by atoms with E-state index in [0.717, 1.165) is 11.3 Å². The molecule has 0 aromatic heterocycles. The second-order valence-corrected chi connectivity index (χ2v) is 4.56. The lowest BCUT2D eigenvalue weighted by molar-refractivity contribution is 0.299. The zero-order valence-electron chi connectivity index (χ0n) is 10.9. The molecule has 0 radical (unpaired) electrons. The summed E-state index contributed by atoms with van der Waals surface area (Å²) < 4.78 is 13.6. The molecule has 2 aromatic rings. The van der Waals surface area contributed by atoms with Crippen molar-refractivity contribution in [3.05, 3.63) is 65.5 Å². The van der Waals surface area contributed by atoms with Crippen LogP contribution >= 0.6 is 0 Å². The Bertz CT molecular complexity index is 525. The Morgan fingerprint density at radius 1 is 1.11 bits per heavy atom. The first kappa shape index (κ1) is 13.6. The molecule has 2 nitrogen and oxygen atoms in total. The second kappa shape index (κ2) is 6.34. The monoisotopic (exact) mass is 259 g/mol. The summed E-state index contributed by atoms with van der Waals surface area (Å²) in [6.07, 6.45) is 0.656. The summed E-state index contributed by atoms with van der Waals surface area (Å²) in [5.74, 6) is -0.195. The molecule has 2 aromatic carbocycles. The van der Waals surface area contributed by atoms with E-state index in [1.54, 1.807) is 12.1 Å². The number of nitrogens with one attached hydrogen (secondary N) is 1. The van der Waals surface area contributed by atoms with Gasteiger partial charge in [0.2, 0.25) is 0 Å². The van der Waals surface area contributed by atoms with Crippen LogP contribution in [-0.4, -0.2) is 11.7 Å². The van der Waals surface area contributed by atoms with Crippen LogP contribution in [0.2, 0.25) is 0 Å². The topological polar surface area (TPSA) is 32.3 Å². The predicted octanol–water partition coefficient (Wildman–Crippen LogP) is 3.53. The molecular weight excluding hydrogens is 241 g/mol. The van der Waals surface area contributed by atoms with Gasteiger partial charge in [-0.25, -0.2) is 4.39 Å². The Labute approximate surface area is 112 Å². The highest BCUT2D eigenvalue weighted by atomic mass is 19.1. The molecule has 0 aliphatic rings. The third-order valence-corrected chi connectivity index (χ3v) is 3.11. The van der Waals surface area contributed by atoms with Crippen molar-refractivity contribution in [2.75, 3.05) is 11.9 Å². The summed E-state index contributed by atoms with van der Waals surface area (Å²) in [6, 6.07) is 14.5. The largest absolute Gasteiger partial charge is 0.396 e. The molecule has 0 spiro atoms. The van der Waals surface area contributed by atoms with Crippen molar-refractivity contribution in [2.24, 2.45) is 0 Å². The molecule has 3 heteroatoms. The highest BCUT2D eigenvalue weighted by Crippen LogP contribution is 2.21. The molecule has 19 heavy (non-hydrogen) atoms. The van der Waals surface area contributed by atoms with Gasteiger partial charge in [-0.2, -0.15) is 0 Å². The van der Waals surface area contributed by atoms with Gasteiger partial charge in [-0.3, -0.25) is 0 Å². The van der Waals surface area contributed by atoms with Gasteiger partial charge in [-0.1, -0.05) is 30.3 Å². The number of aliphatic hydroxyl groups excluding tert-OH is 1. The zero-order valence-corrected chi connectivity index (χ0v) is 10.9. The molecule has 0 aliphatic carbocycles. The van der Waals surface area contributed by atoms with Gasteiger partial charge in [-0.15, -0.1) is 0 Å². The first-order chi connectivity index (χ1) is 9.20. The lowest BCUT2D eigenvalue weighted by Crippen LogP contribution is -2.08. The summed E-state index contributed by atoms with van der Waals surface area (Å²) in [5, 5.41) is 12.1. The summed E-state index contributed by atoms with van der Waals surface area (Å²) in [7, 11) is 0. The molecule has 0 heterocycles. The van der Waals surface area contributed by atoms with Crippen LogP contribution in [0.4, 0.5) is 10.1 Å². The van der Waals surface area contributed by atoms with E-state index in [9.17, 15) is 4.39 Å². The summed E-state index contributed by atoms with van der Waals surface area (Å²) in [6.45, 7) is 2.08. The lowest BCUT2D eigenvalue weighted by atomic mass is 10.1. The van der Waals surface area contributed by atoms with Crippen molar-refractivity contribution in [3.63, 3.8) is 0 Å². The van der Waals surface area contributed by atoms with Crippen LogP contribution in [0.1, 0.15) is 24.1 Å². The molecule has 0 aliphatic heterocycles. The van der Waals surface area contributed by atoms with Gasteiger partial charge in [0.1, 0.15) is 5.82 Å². The maximum Gasteiger partial charge on any atom is 0.128 e. The molecule has 0 amide bonds. The van der Waals surface area contributed by atoms with E-state index in [4.69, 9.17) is 5.11 Å². The Kier molecular flexibility index (Phi) is 4.53. The third-order valence-electron chi connectivity index (χ3n) is 3.11. The van der Waals surface area contributed by atoms with Gasteiger partial charge in [0.05, 0.1) is 6.04 Å². The number of anilines is 1. The van der Waals surface area contributed by atoms with Crippen molar-refractivity contribution < 1.29 is 9.50 Å². The van der Waals surface area contributed by atoms with Crippen molar-refractivity contribution in [2.45, 2.75) is 19.4 Å². The first-order valence-electron chi connectivity index (χ1n) is 6.41. The average Bonchev–Trinajstić information content (AvgIpc) is 2.42. The Balaban J connectivity index is 2.06. The predicted molar refractivity (Wildman–Crippen MR) is 75.7 cm³/mol. The molecule has 0 bridgehead atoms. The molecule has 2 rings (SSSR count). The molecule has 1 unspecified atom stereocenters. The number of hydrogen-bond donors (Lipinski definition) is 2. The highest BCUT2D eigenvalue weighted by Gasteiger charge is 2.09.